The van der Waals surface area contributed by atoms with Gasteiger partial charge in [-0.2, -0.15) is 5.26 Å². The van der Waals surface area contributed by atoms with E-state index in [-0.39, 0.29) is 29.4 Å². The van der Waals surface area contributed by atoms with E-state index >= 15 is 0 Å². The van der Waals surface area contributed by atoms with Crippen LogP contribution in [0.25, 0.3) is 0 Å². The van der Waals surface area contributed by atoms with Gasteiger partial charge in [-0.1, -0.05) is 18.2 Å². The number of nitrogens with one attached hydrogen (secondary N) is 1. The predicted octanol–water partition coefficient (Wildman–Crippen LogP) is 2.68. The average Bonchev–Trinajstić information content (AvgIpc) is 2.61. The number of nitrogens with zero attached hydrogens (tertiary/aromatic N) is 3. The summed E-state index contributed by atoms with van der Waals surface area (Å²) in [4.78, 5) is 29.0. The van der Waals surface area contributed by atoms with E-state index in [0.717, 1.165) is 18.4 Å². The van der Waals surface area contributed by atoms with Gasteiger partial charge in [0.25, 0.3) is 0 Å². The molecule has 1 aromatic carbocycles. The highest BCUT2D eigenvalue weighted by atomic mass is 16.2. The summed E-state index contributed by atoms with van der Waals surface area (Å²) in [5.74, 6) is 0.349. The molecule has 1 aromatic rings. The van der Waals surface area contributed by atoms with Crippen LogP contribution in [-0.4, -0.2) is 52.3 Å². The molecular weight excluding hydrogens is 364 g/mol. The van der Waals surface area contributed by atoms with E-state index in [0.29, 0.717) is 37.5 Å². The van der Waals surface area contributed by atoms with Crippen molar-refractivity contribution < 1.29 is 9.59 Å². The summed E-state index contributed by atoms with van der Waals surface area (Å²) < 4.78 is 0. The number of hydrogen-bond acceptors (Lipinski definition) is 4. The molecule has 1 N–H and O–H groups in total. The van der Waals surface area contributed by atoms with Crippen molar-refractivity contribution in [3.05, 3.63) is 35.4 Å². The molecule has 29 heavy (non-hydrogen) atoms. The number of carbonyl (C=O) groups excluding carboxylic acids is 2. The highest BCUT2D eigenvalue weighted by molar-refractivity contribution is 5.86. The van der Waals surface area contributed by atoms with Crippen molar-refractivity contribution in [1.29, 1.82) is 5.26 Å². The summed E-state index contributed by atoms with van der Waals surface area (Å²) in [6.07, 6.45) is 2.42. The number of piperazine rings is 1. The molecule has 6 heteroatoms. The molecule has 0 radical (unpaired) electrons. The van der Waals surface area contributed by atoms with Gasteiger partial charge in [-0.05, 0) is 58.1 Å². The van der Waals surface area contributed by atoms with Crippen LogP contribution < -0.4 is 5.32 Å². The molecule has 0 spiro atoms. The Bertz CT molecular complexity index is 808. The first-order valence-electron chi connectivity index (χ1n) is 10.4. The Balaban J connectivity index is 1.57. The number of rotatable bonds is 4. The van der Waals surface area contributed by atoms with E-state index in [1.807, 2.05) is 18.2 Å². The van der Waals surface area contributed by atoms with Crippen molar-refractivity contribution in [2.75, 3.05) is 19.6 Å². The summed E-state index contributed by atoms with van der Waals surface area (Å²) in [7, 11) is 0. The lowest BCUT2D eigenvalue weighted by Crippen LogP contribution is -2.58. The minimum Gasteiger partial charge on any atom is -0.335 e. The molecular formula is C23H32N4O2. The second-order valence-electron chi connectivity index (χ2n) is 9.77. The van der Waals surface area contributed by atoms with Crippen LogP contribution in [0.2, 0.25) is 0 Å². The molecule has 0 atom stereocenters. The highest BCUT2D eigenvalue weighted by Gasteiger charge is 2.39. The molecule has 2 amide bonds. The molecule has 2 fully saturated rings. The zero-order chi connectivity index (χ0) is 21.2. The van der Waals surface area contributed by atoms with Crippen LogP contribution in [0.3, 0.4) is 0 Å². The minimum absolute atomic E-state index is 0.00927. The molecule has 0 aliphatic carbocycles. The number of carbonyl (C=O) groups is 2. The monoisotopic (exact) mass is 396 g/mol. The normalized spacial score (nSPS) is 21.7. The maximum atomic E-state index is 12.9. The molecule has 6 nitrogen and oxygen atoms in total. The van der Waals surface area contributed by atoms with Gasteiger partial charge in [0.1, 0.15) is 0 Å². The fourth-order valence-corrected chi connectivity index (χ4v) is 5.12. The standard InChI is InChI=1S/C23H32N4O2/c1-22(2)12-17(13-23(3,4)25-22)11-20(28)27-10-9-26(21(29)16-27)15-19-8-6-5-7-18(19)14-24/h5-8,17,25H,9-13,15-16H2,1-4H3. The SMILES string of the molecule is CC1(C)CC(CC(=O)N2CCN(Cc3ccccc3C#N)C(=O)C2)CC(C)(C)N1. The van der Waals surface area contributed by atoms with Crippen LogP contribution in [0, 0.1) is 17.2 Å². The lowest BCUT2D eigenvalue weighted by Gasteiger charge is -2.47. The van der Waals surface area contributed by atoms with Gasteiger partial charge in [-0.25, -0.2) is 0 Å². The van der Waals surface area contributed by atoms with E-state index in [1.165, 1.54) is 0 Å². The van der Waals surface area contributed by atoms with E-state index in [1.54, 1.807) is 15.9 Å². The van der Waals surface area contributed by atoms with Gasteiger partial charge in [-0.3, -0.25) is 9.59 Å². The molecule has 3 rings (SSSR count). The summed E-state index contributed by atoms with van der Waals surface area (Å²) in [5, 5.41) is 12.9. The number of hydrogen-bond donors (Lipinski definition) is 1. The van der Waals surface area contributed by atoms with Crippen LogP contribution in [0.5, 0.6) is 0 Å². The highest BCUT2D eigenvalue weighted by Crippen LogP contribution is 2.35. The third kappa shape index (κ3) is 5.36. The van der Waals surface area contributed by atoms with Crippen molar-refractivity contribution in [2.45, 2.75) is 64.6 Å². The number of benzene rings is 1. The molecule has 0 unspecified atom stereocenters. The Morgan fingerprint density at radius 2 is 1.83 bits per heavy atom. The summed E-state index contributed by atoms with van der Waals surface area (Å²) in [6.45, 7) is 10.4. The van der Waals surface area contributed by atoms with E-state index in [9.17, 15) is 14.9 Å². The molecule has 2 aliphatic rings. The number of amides is 2. The van der Waals surface area contributed by atoms with Gasteiger partial charge >= 0.3 is 0 Å². The predicted molar refractivity (Wildman–Crippen MR) is 112 cm³/mol. The smallest absolute Gasteiger partial charge is 0.242 e. The fourth-order valence-electron chi connectivity index (χ4n) is 5.12. The minimum atomic E-state index is -0.0525. The van der Waals surface area contributed by atoms with Crippen molar-refractivity contribution in [3.63, 3.8) is 0 Å². The molecule has 2 saturated heterocycles. The van der Waals surface area contributed by atoms with Crippen LogP contribution >= 0.6 is 0 Å². The van der Waals surface area contributed by atoms with Gasteiger partial charge < -0.3 is 15.1 Å². The van der Waals surface area contributed by atoms with Crippen molar-refractivity contribution in [2.24, 2.45) is 5.92 Å². The Morgan fingerprint density at radius 3 is 2.45 bits per heavy atom. The van der Waals surface area contributed by atoms with E-state index in [2.05, 4.69) is 39.1 Å². The first kappa shape index (κ1) is 21.3. The van der Waals surface area contributed by atoms with Crippen LogP contribution in [0.1, 0.15) is 58.1 Å². The number of nitriles is 1. The molecule has 156 valence electrons. The third-order valence-electron chi connectivity index (χ3n) is 5.91. The Hall–Kier alpha value is -2.39. The van der Waals surface area contributed by atoms with Gasteiger partial charge in [0, 0.05) is 37.1 Å². The van der Waals surface area contributed by atoms with Crippen LogP contribution in [-0.2, 0) is 16.1 Å². The number of piperidine rings is 1. The van der Waals surface area contributed by atoms with Gasteiger partial charge in [-0.15, -0.1) is 0 Å². The van der Waals surface area contributed by atoms with Crippen LogP contribution in [0.4, 0.5) is 0 Å². The first-order valence-corrected chi connectivity index (χ1v) is 10.4. The average molecular weight is 397 g/mol. The Kier molecular flexibility index (Phi) is 6.00. The quantitative estimate of drug-likeness (QED) is 0.849. The fraction of sp³-hybridized carbons (Fsp3) is 0.609. The Labute approximate surface area is 173 Å². The molecule has 2 aliphatic heterocycles. The maximum Gasteiger partial charge on any atom is 0.242 e. The molecule has 0 bridgehead atoms. The first-order chi connectivity index (χ1) is 13.6. The van der Waals surface area contributed by atoms with Gasteiger partial charge in [0.2, 0.25) is 11.8 Å². The van der Waals surface area contributed by atoms with Crippen molar-refractivity contribution >= 4 is 11.8 Å². The largest absolute Gasteiger partial charge is 0.335 e. The zero-order valence-corrected chi connectivity index (χ0v) is 18.0. The second kappa shape index (κ2) is 8.16. The molecule has 0 aromatic heterocycles. The van der Waals surface area contributed by atoms with Crippen molar-refractivity contribution in [1.82, 2.24) is 15.1 Å². The molecule has 0 saturated carbocycles. The second-order valence-corrected chi connectivity index (χ2v) is 9.77. The van der Waals surface area contributed by atoms with E-state index < -0.39 is 0 Å². The molecule has 2 heterocycles. The topological polar surface area (TPSA) is 76.4 Å². The zero-order valence-electron chi connectivity index (χ0n) is 18.0. The van der Waals surface area contributed by atoms with Gasteiger partial charge in [0.15, 0.2) is 0 Å². The summed E-state index contributed by atoms with van der Waals surface area (Å²) in [5.41, 5.74) is 1.46. The van der Waals surface area contributed by atoms with E-state index in [4.69, 9.17) is 0 Å². The van der Waals surface area contributed by atoms with Crippen molar-refractivity contribution in [3.8, 4) is 6.07 Å². The van der Waals surface area contributed by atoms with Gasteiger partial charge in [0.05, 0.1) is 18.2 Å². The summed E-state index contributed by atoms with van der Waals surface area (Å²) in [6, 6.07) is 9.52. The third-order valence-corrected chi connectivity index (χ3v) is 5.91. The Morgan fingerprint density at radius 1 is 1.17 bits per heavy atom. The lowest BCUT2D eigenvalue weighted by molar-refractivity contribution is -0.146. The van der Waals surface area contributed by atoms with Crippen LogP contribution in [0.15, 0.2) is 24.3 Å². The lowest BCUT2D eigenvalue weighted by atomic mass is 9.74. The maximum absolute atomic E-state index is 12.9. The summed E-state index contributed by atoms with van der Waals surface area (Å²) >= 11 is 0.